The van der Waals surface area contributed by atoms with Crippen LogP contribution in [0.3, 0.4) is 0 Å². The first-order valence-electron chi connectivity index (χ1n) is 14.1. The number of likely N-dealkylation sites (tertiary alicyclic amines) is 1. The van der Waals surface area contributed by atoms with Crippen molar-refractivity contribution in [2.75, 3.05) is 56.6 Å². The lowest BCUT2D eigenvalue weighted by Gasteiger charge is -2.38. The minimum atomic E-state index is -0.103. The largest absolute Gasteiger partial charge is 0.340 e. The van der Waals surface area contributed by atoms with Gasteiger partial charge in [0, 0.05) is 87.9 Å². The second kappa shape index (κ2) is 13.3. The van der Waals surface area contributed by atoms with Crippen LogP contribution in [0.5, 0.6) is 0 Å². The molecule has 2 aliphatic heterocycles. The summed E-state index contributed by atoms with van der Waals surface area (Å²) < 4.78 is 1.70. The van der Waals surface area contributed by atoms with Gasteiger partial charge >= 0.3 is 0 Å². The van der Waals surface area contributed by atoms with E-state index in [9.17, 15) is 14.4 Å². The van der Waals surface area contributed by atoms with Crippen LogP contribution in [-0.4, -0.2) is 92.3 Å². The van der Waals surface area contributed by atoms with Crippen LogP contribution < -0.4 is 10.9 Å². The summed E-state index contributed by atoms with van der Waals surface area (Å²) in [5, 5.41) is 4.11. The SMILES string of the molecule is C=CC(=O)N1CC(CCn2c(=O)ccc3cnc(Nc4cccc(CN5CCN(C(=O)CCSC)CC5)c4)nc32)C1. The van der Waals surface area contributed by atoms with Crippen LogP contribution in [0.1, 0.15) is 18.4 Å². The number of rotatable bonds is 11. The van der Waals surface area contributed by atoms with Gasteiger partial charge in [0.05, 0.1) is 0 Å². The fraction of sp³-hybridized carbons (Fsp3) is 0.433. The van der Waals surface area contributed by atoms with Gasteiger partial charge < -0.3 is 15.1 Å². The Bertz CT molecular complexity index is 1460. The van der Waals surface area contributed by atoms with Crippen LogP contribution >= 0.6 is 11.8 Å². The molecule has 0 spiro atoms. The van der Waals surface area contributed by atoms with Gasteiger partial charge in [-0.25, -0.2) is 4.98 Å². The number of hydrogen-bond donors (Lipinski definition) is 1. The van der Waals surface area contributed by atoms with Crippen LogP contribution in [0.2, 0.25) is 0 Å². The summed E-state index contributed by atoms with van der Waals surface area (Å²) in [6.45, 7) is 9.50. The molecular formula is C30H37N7O3S. The molecule has 41 heavy (non-hydrogen) atoms. The first kappa shape index (κ1) is 28.8. The highest BCUT2D eigenvalue weighted by molar-refractivity contribution is 7.98. The fourth-order valence-electron chi connectivity index (χ4n) is 5.36. The van der Waals surface area contributed by atoms with Crippen LogP contribution in [0.4, 0.5) is 11.6 Å². The minimum absolute atomic E-state index is 0.0488. The first-order chi connectivity index (χ1) is 19.9. The Labute approximate surface area is 244 Å². The summed E-state index contributed by atoms with van der Waals surface area (Å²) in [7, 11) is 0. The highest BCUT2D eigenvalue weighted by Gasteiger charge is 2.29. The third kappa shape index (κ3) is 7.15. The van der Waals surface area contributed by atoms with E-state index in [0.717, 1.165) is 56.0 Å². The Kier molecular flexibility index (Phi) is 9.35. The highest BCUT2D eigenvalue weighted by Crippen LogP contribution is 2.22. The van der Waals surface area contributed by atoms with Crippen LogP contribution in [0.15, 0.2) is 60.0 Å². The van der Waals surface area contributed by atoms with Crippen molar-refractivity contribution in [3.63, 3.8) is 0 Å². The van der Waals surface area contributed by atoms with Crippen molar-refractivity contribution in [1.29, 1.82) is 0 Å². The van der Waals surface area contributed by atoms with Crippen LogP contribution in [0, 0.1) is 5.92 Å². The number of thioether (sulfide) groups is 1. The highest BCUT2D eigenvalue weighted by atomic mass is 32.2. The van der Waals surface area contributed by atoms with E-state index in [1.54, 1.807) is 39.6 Å². The van der Waals surface area contributed by atoms with Gasteiger partial charge in [0.25, 0.3) is 5.56 Å². The van der Waals surface area contributed by atoms with Gasteiger partial charge in [0.1, 0.15) is 5.65 Å². The van der Waals surface area contributed by atoms with Gasteiger partial charge in [-0.15, -0.1) is 0 Å². The molecule has 5 rings (SSSR count). The molecule has 0 aliphatic carbocycles. The molecule has 2 saturated heterocycles. The number of aromatic nitrogens is 3. The zero-order valence-electron chi connectivity index (χ0n) is 23.5. The number of carbonyl (C=O) groups is 2. The van der Waals surface area contributed by atoms with Gasteiger partial charge in [-0.05, 0) is 48.4 Å². The smallest absolute Gasteiger partial charge is 0.252 e. The summed E-state index contributed by atoms with van der Waals surface area (Å²) in [4.78, 5) is 52.1. The standard InChI is InChI=1S/C30H37N7O3S/c1-3-26(38)36-20-23(21-36)9-11-37-28(40)8-7-24-18-31-30(33-29(24)37)32-25-6-4-5-22(17-25)19-34-12-14-35(15-13-34)27(39)10-16-41-2/h3-8,17-18,23H,1,9-16,19-21H2,2H3,(H,31,32,33). The second-order valence-corrected chi connectivity index (χ2v) is 11.6. The number of aryl methyl sites for hydroxylation is 1. The Morgan fingerprint density at radius 2 is 1.93 bits per heavy atom. The lowest BCUT2D eigenvalue weighted by atomic mass is 9.96. The van der Waals surface area contributed by atoms with E-state index in [0.29, 0.717) is 43.6 Å². The number of nitrogens with one attached hydrogen (secondary N) is 1. The van der Waals surface area contributed by atoms with Crippen LogP contribution in [0.25, 0.3) is 11.0 Å². The van der Waals surface area contributed by atoms with E-state index < -0.39 is 0 Å². The molecular weight excluding hydrogens is 538 g/mol. The number of pyridine rings is 1. The van der Waals surface area contributed by atoms with Crippen molar-refractivity contribution in [3.8, 4) is 0 Å². The molecule has 4 heterocycles. The molecule has 2 aliphatic rings. The van der Waals surface area contributed by atoms with Crippen molar-refractivity contribution < 1.29 is 9.59 Å². The van der Waals surface area contributed by atoms with E-state index in [-0.39, 0.29) is 17.4 Å². The Balaban J connectivity index is 1.21. The van der Waals surface area contributed by atoms with E-state index in [2.05, 4.69) is 33.9 Å². The van der Waals surface area contributed by atoms with E-state index in [4.69, 9.17) is 4.98 Å². The quantitative estimate of drug-likeness (QED) is 0.348. The van der Waals surface area contributed by atoms with Crippen molar-refractivity contribution in [3.05, 3.63) is 71.2 Å². The number of hydrogen-bond acceptors (Lipinski definition) is 8. The van der Waals surface area contributed by atoms with Gasteiger partial charge in [-0.1, -0.05) is 18.7 Å². The number of carbonyl (C=O) groups excluding carboxylic acids is 2. The molecule has 2 fully saturated rings. The predicted octanol–water partition coefficient (Wildman–Crippen LogP) is 2.97. The molecule has 0 saturated carbocycles. The Hall–Kier alpha value is -3.70. The summed E-state index contributed by atoms with van der Waals surface area (Å²) in [5.41, 5.74) is 2.53. The maximum absolute atomic E-state index is 12.8. The van der Waals surface area contributed by atoms with E-state index in [1.807, 2.05) is 23.3 Å². The molecule has 11 heteroatoms. The number of anilines is 2. The molecule has 1 aromatic carbocycles. The third-order valence-corrected chi connectivity index (χ3v) is 8.37. The minimum Gasteiger partial charge on any atom is -0.340 e. The number of fused-ring (bicyclic) bond motifs is 1. The number of benzene rings is 1. The van der Waals surface area contributed by atoms with E-state index >= 15 is 0 Å². The molecule has 0 bridgehead atoms. The monoisotopic (exact) mass is 575 g/mol. The lowest BCUT2D eigenvalue weighted by Crippen LogP contribution is -2.49. The number of amides is 2. The maximum atomic E-state index is 12.8. The molecule has 2 amide bonds. The van der Waals surface area contributed by atoms with Crippen molar-refractivity contribution in [1.82, 2.24) is 29.2 Å². The van der Waals surface area contributed by atoms with E-state index in [1.165, 1.54) is 11.6 Å². The first-order valence-corrected chi connectivity index (χ1v) is 15.5. The molecule has 0 unspecified atom stereocenters. The normalized spacial score (nSPS) is 16.0. The zero-order chi connectivity index (χ0) is 28.8. The van der Waals surface area contributed by atoms with Gasteiger partial charge in [-0.3, -0.25) is 23.9 Å². The lowest BCUT2D eigenvalue weighted by molar-refractivity contribution is -0.133. The molecule has 1 N–H and O–H groups in total. The molecule has 2 aromatic heterocycles. The average molecular weight is 576 g/mol. The fourth-order valence-corrected chi connectivity index (χ4v) is 5.74. The summed E-state index contributed by atoms with van der Waals surface area (Å²) >= 11 is 1.71. The van der Waals surface area contributed by atoms with Crippen molar-refractivity contribution >= 4 is 46.2 Å². The van der Waals surface area contributed by atoms with Gasteiger partial charge in [0.2, 0.25) is 17.8 Å². The molecule has 0 atom stereocenters. The molecule has 216 valence electrons. The maximum Gasteiger partial charge on any atom is 0.252 e. The van der Waals surface area contributed by atoms with Crippen LogP contribution in [-0.2, 0) is 22.7 Å². The predicted molar refractivity (Wildman–Crippen MR) is 163 cm³/mol. The topological polar surface area (TPSA) is 104 Å². The number of piperazine rings is 1. The van der Waals surface area contributed by atoms with Crippen molar-refractivity contribution in [2.45, 2.75) is 25.9 Å². The van der Waals surface area contributed by atoms with Gasteiger partial charge in [0.15, 0.2) is 0 Å². The second-order valence-electron chi connectivity index (χ2n) is 10.6. The molecule has 10 nitrogen and oxygen atoms in total. The third-order valence-electron chi connectivity index (χ3n) is 7.76. The van der Waals surface area contributed by atoms with Gasteiger partial charge in [-0.2, -0.15) is 16.7 Å². The Morgan fingerprint density at radius 3 is 2.68 bits per heavy atom. The average Bonchev–Trinajstić information content (AvgIpc) is 2.96. The summed E-state index contributed by atoms with van der Waals surface area (Å²) in [6.07, 6.45) is 6.50. The Morgan fingerprint density at radius 1 is 1.12 bits per heavy atom. The molecule has 0 radical (unpaired) electrons. The zero-order valence-corrected chi connectivity index (χ0v) is 24.3. The summed E-state index contributed by atoms with van der Waals surface area (Å²) in [6, 6.07) is 11.5. The van der Waals surface area contributed by atoms with Crippen molar-refractivity contribution in [2.24, 2.45) is 5.92 Å². The molecule has 3 aromatic rings. The summed E-state index contributed by atoms with van der Waals surface area (Å²) in [5.74, 6) is 1.86. The number of nitrogens with zero attached hydrogens (tertiary/aromatic N) is 6.